The molecule has 4 nitrogen and oxygen atoms in total. The Morgan fingerprint density at radius 3 is 2.61 bits per heavy atom. The van der Waals surface area contributed by atoms with Crippen molar-refractivity contribution >= 4 is 29.0 Å². The van der Waals surface area contributed by atoms with E-state index in [1.54, 1.807) is 0 Å². The fraction of sp³-hybridized carbons (Fsp3) is 0.333. The maximum absolute atomic E-state index is 13.8. The minimum Gasteiger partial charge on any atom is -0.308 e. The van der Waals surface area contributed by atoms with E-state index >= 15 is 0 Å². The van der Waals surface area contributed by atoms with E-state index < -0.39 is 17.5 Å². The first kappa shape index (κ1) is 13.0. The summed E-state index contributed by atoms with van der Waals surface area (Å²) in [5.41, 5.74) is -0.0280. The lowest BCUT2D eigenvalue weighted by Crippen LogP contribution is -2.36. The lowest BCUT2D eigenvalue weighted by atomic mass is 10.1. The van der Waals surface area contributed by atoms with Crippen LogP contribution in [-0.2, 0) is 4.79 Å². The van der Waals surface area contributed by atoms with Crippen molar-refractivity contribution in [1.29, 1.82) is 0 Å². The number of rotatable bonds is 3. The molecule has 0 bridgehead atoms. The number of nitrogens with zero attached hydrogens (tertiary/aromatic N) is 2. The average Bonchev–Trinajstić information content (AvgIpc) is 2.56. The first-order valence-corrected chi connectivity index (χ1v) is 5.80. The summed E-state index contributed by atoms with van der Waals surface area (Å²) in [5, 5.41) is 0.108. The van der Waals surface area contributed by atoms with Gasteiger partial charge in [-0.3, -0.25) is 9.59 Å². The predicted molar refractivity (Wildman–Crippen MR) is 66.6 cm³/mol. The van der Waals surface area contributed by atoms with Gasteiger partial charge in [0, 0.05) is 13.1 Å². The topological polar surface area (TPSA) is 40.6 Å². The third-order valence-electron chi connectivity index (χ3n) is 2.79. The molecule has 1 aliphatic rings. The fourth-order valence-electron chi connectivity index (χ4n) is 1.87. The third-order valence-corrected chi connectivity index (χ3v) is 3.10. The molecule has 1 amide bonds. The summed E-state index contributed by atoms with van der Waals surface area (Å²) in [6, 6.07) is 2.45. The number of fused-ring (bicyclic) bond motifs is 1. The van der Waals surface area contributed by atoms with Gasteiger partial charge in [-0.25, -0.2) is 4.39 Å². The first-order chi connectivity index (χ1) is 8.43. The van der Waals surface area contributed by atoms with Gasteiger partial charge in [-0.05, 0) is 26.2 Å². The van der Waals surface area contributed by atoms with Gasteiger partial charge in [0.1, 0.15) is 5.82 Å². The third kappa shape index (κ3) is 2.00. The number of likely N-dealkylation sites (N-methyl/N-ethyl adjacent to an activating group) is 1. The van der Waals surface area contributed by atoms with E-state index in [1.807, 2.05) is 19.0 Å². The van der Waals surface area contributed by atoms with E-state index in [4.69, 9.17) is 11.6 Å². The summed E-state index contributed by atoms with van der Waals surface area (Å²) >= 11 is 5.85. The summed E-state index contributed by atoms with van der Waals surface area (Å²) in [7, 11) is 3.66. The van der Waals surface area contributed by atoms with Gasteiger partial charge in [0.2, 0.25) is 0 Å². The summed E-state index contributed by atoms with van der Waals surface area (Å²) in [5.74, 6) is -2.07. The van der Waals surface area contributed by atoms with Crippen LogP contribution in [0.5, 0.6) is 0 Å². The summed E-state index contributed by atoms with van der Waals surface area (Å²) in [4.78, 5) is 26.6. The molecule has 0 saturated carbocycles. The highest BCUT2D eigenvalue weighted by molar-refractivity contribution is 6.55. The molecule has 2 rings (SSSR count). The average molecular weight is 271 g/mol. The zero-order chi connectivity index (χ0) is 13.4. The number of benzene rings is 1. The molecule has 0 unspecified atom stereocenters. The van der Waals surface area contributed by atoms with Crippen molar-refractivity contribution in [2.45, 2.75) is 0 Å². The second-order valence-electron chi connectivity index (χ2n) is 4.34. The molecular weight excluding hydrogens is 259 g/mol. The van der Waals surface area contributed by atoms with Crippen molar-refractivity contribution in [2.75, 3.05) is 32.1 Å². The highest BCUT2D eigenvalue weighted by Gasteiger charge is 2.39. The molecule has 0 atom stereocenters. The molecule has 18 heavy (non-hydrogen) atoms. The zero-order valence-electron chi connectivity index (χ0n) is 10.0. The van der Waals surface area contributed by atoms with Crippen molar-refractivity contribution < 1.29 is 14.0 Å². The van der Waals surface area contributed by atoms with Crippen molar-refractivity contribution in [3.05, 3.63) is 28.5 Å². The van der Waals surface area contributed by atoms with Crippen LogP contribution in [0.4, 0.5) is 10.1 Å². The van der Waals surface area contributed by atoms with Gasteiger partial charge in [-0.2, -0.15) is 0 Å². The van der Waals surface area contributed by atoms with Crippen molar-refractivity contribution in [3.8, 4) is 0 Å². The monoisotopic (exact) mass is 270 g/mol. The Hall–Kier alpha value is -1.46. The number of hydrogen-bond donors (Lipinski definition) is 0. The fourth-order valence-corrected chi connectivity index (χ4v) is 2.10. The molecule has 0 fully saturated rings. The number of hydrogen-bond acceptors (Lipinski definition) is 3. The van der Waals surface area contributed by atoms with Crippen LogP contribution < -0.4 is 4.90 Å². The molecule has 1 aliphatic heterocycles. The predicted octanol–water partition coefficient (Wildman–Crippen LogP) is 1.57. The Balaban J connectivity index is 2.45. The summed E-state index contributed by atoms with van der Waals surface area (Å²) in [6.07, 6.45) is 0. The Bertz CT molecular complexity index is 531. The SMILES string of the molecule is CN(C)CCN1C(=O)C(=O)c2c(Cl)ccc(F)c21. The normalized spacial score (nSPS) is 14.6. The molecule has 0 aliphatic carbocycles. The summed E-state index contributed by atoms with van der Waals surface area (Å²) in [6.45, 7) is 0.784. The number of anilines is 1. The van der Waals surface area contributed by atoms with Crippen LogP contribution in [0.25, 0.3) is 0 Å². The van der Waals surface area contributed by atoms with E-state index in [0.717, 1.165) is 11.0 Å². The lowest BCUT2D eigenvalue weighted by Gasteiger charge is -2.19. The molecule has 96 valence electrons. The van der Waals surface area contributed by atoms with Crippen LogP contribution >= 0.6 is 11.6 Å². The number of carbonyl (C=O) groups is 2. The molecule has 1 aromatic rings. The maximum atomic E-state index is 13.8. The largest absolute Gasteiger partial charge is 0.308 e. The molecule has 0 radical (unpaired) electrons. The van der Waals surface area contributed by atoms with Gasteiger partial charge in [0.15, 0.2) is 0 Å². The van der Waals surface area contributed by atoms with Gasteiger partial charge in [-0.15, -0.1) is 0 Å². The highest BCUT2D eigenvalue weighted by atomic mass is 35.5. The zero-order valence-corrected chi connectivity index (χ0v) is 10.8. The Kier molecular flexibility index (Phi) is 3.36. The van der Waals surface area contributed by atoms with Crippen LogP contribution in [0.15, 0.2) is 12.1 Å². The highest BCUT2D eigenvalue weighted by Crippen LogP contribution is 2.36. The van der Waals surface area contributed by atoms with Crippen molar-refractivity contribution in [2.24, 2.45) is 0 Å². The molecule has 0 N–H and O–H groups in total. The molecule has 0 aromatic heterocycles. The molecule has 1 aromatic carbocycles. The smallest absolute Gasteiger partial charge is 0.299 e. The number of halogens is 2. The van der Waals surface area contributed by atoms with Gasteiger partial charge >= 0.3 is 0 Å². The van der Waals surface area contributed by atoms with E-state index in [-0.39, 0.29) is 22.8 Å². The Morgan fingerprint density at radius 2 is 2.00 bits per heavy atom. The maximum Gasteiger partial charge on any atom is 0.299 e. The second-order valence-corrected chi connectivity index (χ2v) is 4.75. The van der Waals surface area contributed by atoms with Gasteiger partial charge in [0.25, 0.3) is 11.7 Å². The molecule has 0 saturated heterocycles. The standard InChI is InChI=1S/C12H12ClFN2O2/c1-15(2)5-6-16-10-8(14)4-3-7(13)9(10)11(17)12(16)18/h3-4H,5-6H2,1-2H3. The van der Waals surface area contributed by atoms with E-state index in [9.17, 15) is 14.0 Å². The van der Waals surface area contributed by atoms with Gasteiger partial charge < -0.3 is 9.80 Å². The van der Waals surface area contributed by atoms with Crippen molar-refractivity contribution in [3.63, 3.8) is 0 Å². The van der Waals surface area contributed by atoms with Crippen LogP contribution in [-0.4, -0.2) is 43.8 Å². The van der Waals surface area contributed by atoms with Gasteiger partial charge in [0.05, 0.1) is 16.3 Å². The first-order valence-electron chi connectivity index (χ1n) is 5.42. The molecule has 1 heterocycles. The van der Waals surface area contributed by atoms with Crippen LogP contribution in [0.1, 0.15) is 10.4 Å². The lowest BCUT2D eigenvalue weighted by molar-refractivity contribution is -0.114. The molecular formula is C12H12ClFN2O2. The van der Waals surface area contributed by atoms with Crippen LogP contribution in [0, 0.1) is 5.82 Å². The van der Waals surface area contributed by atoms with E-state index in [0.29, 0.717) is 6.54 Å². The Labute approximate surface area is 109 Å². The second kappa shape index (κ2) is 4.66. The number of ketones is 1. The molecule has 6 heteroatoms. The van der Waals surface area contributed by atoms with Crippen molar-refractivity contribution in [1.82, 2.24) is 4.90 Å². The van der Waals surface area contributed by atoms with Crippen LogP contribution in [0.3, 0.4) is 0 Å². The minimum atomic E-state index is -0.742. The Morgan fingerprint density at radius 1 is 1.33 bits per heavy atom. The van der Waals surface area contributed by atoms with E-state index in [1.165, 1.54) is 6.07 Å². The number of carbonyl (C=O) groups excluding carboxylic acids is 2. The summed E-state index contributed by atoms with van der Waals surface area (Å²) < 4.78 is 13.8. The molecule has 0 spiro atoms. The van der Waals surface area contributed by atoms with E-state index in [2.05, 4.69) is 0 Å². The van der Waals surface area contributed by atoms with Gasteiger partial charge in [-0.1, -0.05) is 11.6 Å². The van der Waals surface area contributed by atoms with Crippen LogP contribution in [0.2, 0.25) is 5.02 Å². The number of Topliss-reactive ketones (excluding diaryl/α,β-unsaturated/α-hetero) is 1. The number of amides is 1. The quantitative estimate of drug-likeness (QED) is 0.783. The minimum absolute atomic E-state index is 0.000602.